The van der Waals surface area contributed by atoms with E-state index in [0.717, 1.165) is 5.56 Å². The van der Waals surface area contributed by atoms with Crippen LogP contribution in [0.2, 0.25) is 0 Å². The van der Waals surface area contributed by atoms with E-state index in [9.17, 15) is 4.79 Å². The van der Waals surface area contributed by atoms with Crippen molar-refractivity contribution < 1.29 is 9.53 Å². The number of carbonyl (C=O) groups excluding carboxylic acids is 1. The van der Waals surface area contributed by atoms with Crippen molar-refractivity contribution in [2.24, 2.45) is 5.73 Å². The van der Waals surface area contributed by atoms with Gasteiger partial charge >= 0.3 is 0 Å². The first-order chi connectivity index (χ1) is 13.9. The van der Waals surface area contributed by atoms with Crippen LogP contribution in [0.3, 0.4) is 0 Å². The smallest absolute Gasteiger partial charge is 0.240 e. The Morgan fingerprint density at radius 3 is 2.79 bits per heavy atom. The molecule has 0 saturated heterocycles. The quantitative estimate of drug-likeness (QED) is 0.408. The van der Waals surface area contributed by atoms with Crippen LogP contribution in [-0.2, 0) is 29.1 Å². The minimum Gasteiger partial charge on any atom is -0.374 e. The SMILES string of the molecule is CC(C)(N)C(=O)NC(COCc1ccccc1)c1nnnn1CCc1nn[nH]n1. The van der Waals surface area contributed by atoms with Gasteiger partial charge in [0.05, 0.1) is 25.3 Å². The Bertz CT molecular complexity index is 889. The molecule has 1 unspecified atom stereocenters. The van der Waals surface area contributed by atoms with Gasteiger partial charge in [0.2, 0.25) is 5.91 Å². The molecule has 1 amide bonds. The minimum absolute atomic E-state index is 0.180. The standard InChI is InChI=1S/C17H24N10O2/c1-17(2,18)16(28)19-13(11-29-10-12-6-4-3-5-7-12)15-22-25-26-27(15)9-8-14-20-23-24-21-14/h3-7,13H,8-11,18H2,1-2H3,(H,19,28)(H,20,21,23,24). The van der Waals surface area contributed by atoms with E-state index in [1.54, 1.807) is 18.5 Å². The molecule has 3 aromatic rings. The number of rotatable bonds is 10. The highest BCUT2D eigenvalue weighted by Gasteiger charge is 2.28. The van der Waals surface area contributed by atoms with E-state index >= 15 is 0 Å². The molecule has 2 heterocycles. The van der Waals surface area contributed by atoms with Crippen LogP contribution in [-0.4, -0.2) is 58.9 Å². The molecule has 0 fully saturated rings. The van der Waals surface area contributed by atoms with Gasteiger partial charge in [-0.05, 0) is 29.8 Å². The molecule has 154 valence electrons. The molecule has 0 aliphatic heterocycles. The van der Waals surface area contributed by atoms with Crippen molar-refractivity contribution in [1.29, 1.82) is 0 Å². The number of hydrogen-bond acceptors (Lipinski definition) is 9. The molecule has 1 aromatic carbocycles. The number of carbonyl (C=O) groups is 1. The Balaban J connectivity index is 1.70. The van der Waals surface area contributed by atoms with Crippen molar-refractivity contribution >= 4 is 5.91 Å². The molecule has 0 bridgehead atoms. The fraction of sp³-hybridized carbons (Fsp3) is 0.471. The summed E-state index contributed by atoms with van der Waals surface area (Å²) in [5, 5.41) is 28.5. The van der Waals surface area contributed by atoms with E-state index in [1.807, 2.05) is 30.3 Å². The third kappa shape index (κ3) is 5.86. The summed E-state index contributed by atoms with van der Waals surface area (Å²) < 4.78 is 7.40. The van der Waals surface area contributed by atoms with Crippen LogP contribution in [0.4, 0.5) is 0 Å². The summed E-state index contributed by atoms with van der Waals surface area (Å²) in [6, 6.07) is 9.17. The molecule has 1 atom stereocenters. The molecular weight excluding hydrogens is 376 g/mol. The Hall–Kier alpha value is -3.25. The van der Waals surface area contributed by atoms with Crippen LogP contribution < -0.4 is 11.1 Å². The van der Waals surface area contributed by atoms with Crippen LogP contribution in [0.5, 0.6) is 0 Å². The number of ether oxygens (including phenoxy) is 1. The highest BCUT2D eigenvalue weighted by atomic mass is 16.5. The molecule has 29 heavy (non-hydrogen) atoms. The number of aromatic nitrogens is 8. The minimum atomic E-state index is -1.05. The van der Waals surface area contributed by atoms with Gasteiger partial charge in [-0.1, -0.05) is 35.5 Å². The van der Waals surface area contributed by atoms with Gasteiger partial charge in [0.25, 0.3) is 0 Å². The Labute approximate surface area is 167 Å². The summed E-state index contributed by atoms with van der Waals surface area (Å²) in [6.45, 7) is 4.24. The van der Waals surface area contributed by atoms with Crippen LogP contribution >= 0.6 is 0 Å². The zero-order chi connectivity index (χ0) is 20.7. The number of nitrogens with one attached hydrogen (secondary N) is 2. The van der Waals surface area contributed by atoms with E-state index in [2.05, 4.69) is 41.5 Å². The van der Waals surface area contributed by atoms with Crippen LogP contribution in [0.15, 0.2) is 30.3 Å². The predicted octanol–water partition coefficient (Wildman–Crippen LogP) is -0.460. The van der Waals surface area contributed by atoms with Crippen LogP contribution in [0.1, 0.15) is 37.1 Å². The summed E-state index contributed by atoms with van der Waals surface area (Å²) in [6.07, 6.45) is 0.475. The van der Waals surface area contributed by atoms with Gasteiger partial charge in [0.1, 0.15) is 6.04 Å². The van der Waals surface area contributed by atoms with Crippen molar-refractivity contribution in [3.8, 4) is 0 Å². The van der Waals surface area contributed by atoms with E-state index in [-0.39, 0.29) is 12.5 Å². The molecular formula is C17H24N10O2. The molecule has 0 radical (unpaired) electrons. The van der Waals surface area contributed by atoms with Gasteiger partial charge in [-0.15, -0.1) is 15.3 Å². The summed E-state index contributed by atoms with van der Waals surface area (Å²) >= 11 is 0. The number of aromatic amines is 1. The normalized spacial score (nSPS) is 12.7. The lowest BCUT2D eigenvalue weighted by molar-refractivity contribution is -0.126. The topological polar surface area (TPSA) is 162 Å². The van der Waals surface area contributed by atoms with Crippen molar-refractivity contribution in [1.82, 2.24) is 46.1 Å². The van der Waals surface area contributed by atoms with Gasteiger partial charge in [-0.3, -0.25) is 4.79 Å². The summed E-state index contributed by atoms with van der Waals surface area (Å²) in [7, 11) is 0. The highest BCUT2D eigenvalue weighted by molar-refractivity contribution is 5.85. The first kappa shape index (κ1) is 20.5. The number of hydrogen-bond donors (Lipinski definition) is 3. The number of amides is 1. The second-order valence-electron chi connectivity index (χ2n) is 7.09. The van der Waals surface area contributed by atoms with Gasteiger partial charge in [-0.25, -0.2) is 4.68 Å². The molecule has 0 aliphatic carbocycles. The highest BCUT2D eigenvalue weighted by Crippen LogP contribution is 2.13. The van der Waals surface area contributed by atoms with E-state index in [1.165, 1.54) is 0 Å². The fourth-order valence-corrected chi connectivity index (χ4v) is 2.51. The van der Waals surface area contributed by atoms with Gasteiger partial charge in [-0.2, -0.15) is 5.21 Å². The maximum Gasteiger partial charge on any atom is 0.240 e. The van der Waals surface area contributed by atoms with E-state index in [4.69, 9.17) is 10.5 Å². The van der Waals surface area contributed by atoms with Crippen molar-refractivity contribution in [2.45, 2.75) is 45.0 Å². The maximum absolute atomic E-state index is 12.5. The fourth-order valence-electron chi connectivity index (χ4n) is 2.51. The molecule has 0 aliphatic rings. The second-order valence-corrected chi connectivity index (χ2v) is 7.09. The van der Waals surface area contributed by atoms with Crippen molar-refractivity contribution in [3.05, 3.63) is 47.5 Å². The molecule has 0 saturated carbocycles. The van der Waals surface area contributed by atoms with E-state index < -0.39 is 11.6 Å². The summed E-state index contributed by atoms with van der Waals surface area (Å²) in [5.74, 6) is 0.660. The Kier molecular flexibility index (Phi) is 6.57. The summed E-state index contributed by atoms with van der Waals surface area (Å²) in [4.78, 5) is 12.5. The summed E-state index contributed by atoms with van der Waals surface area (Å²) in [5.41, 5.74) is 5.89. The van der Waals surface area contributed by atoms with Gasteiger partial charge in [0.15, 0.2) is 11.6 Å². The number of tetrazole rings is 2. The van der Waals surface area contributed by atoms with Crippen molar-refractivity contribution in [2.75, 3.05) is 6.61 Å². The first-order valence-electron chi connectivity index (χ1n) is 9.13. The largest absolute Gasteiger partial charge is 0.374 e. The lowest BCUT2D eigenvalue weighted by atomic mass is 10.1. The zero-order valence-electron chi connectivity index (χ0n) is 16.3. The number of nitrogens with zero attached hydrogens (tertiary/aromatic N) is 7. The van der Waals surface area contributed by atoms with Crippen molar-refractivity contribution in [3.63, 3.8) is 0 Å². The Morgan fingerprint density at radius 1 is 1.31 bits per heavy atom. The van der Waals surface area contributed by atoms with Crippen LogP contribution in [0, 0.1) is 0 Å². The molecule has 3 rings (SSSR count). The number of H-pyrrole nitrogens is 1. The first-order valence-corrected chi connectivity index (χ1v) is 9.13. The molecule has 12 heteroatoms. The lowest BCUT2D eigenvalue weighted by Gasteiger charge is -2.23. The number of benzene rings is 1. The molecule has 2 aromatic heterocycles. The predicted molar refractivity (Wildman–Crippen MR) is 101 cm³/mol. The van der Waals surface area contributed by atoms with Crippen LogP contribution in [0.25, 0.3) is 0 Å². The lowest BCUT2D eigenvalue weighted by Crippen LogP contribution is -2.51. The average Bonchev–Trinajstić information content (AvgIpc) is 3.37. The van der Waals surface area contributed by atoms with E-state index in [0.29, 0.717) is 31.2 Å². The molecule has 4 N–H and O–H groups in total. The Morgan fingerprint density at radius 2 is 2.10 bits per heavy atom. The average molecular weight is 400 g/mol. The zero-order valence-corrected chi connectivity index (χ0v) is 16.3. The molecule has 0 spiro atoms. The third-order valence-corrected chi connectivity index (χ3v) is 4.09. The number of nitrogens with two attached hydrogens (primary N) is 1. The monoisotopic (exact) mass is 400 g/mol. The van der Waals surface area contributed by atoms with Gasteiger partial charge in [0, 0.05) is 6.42 Å². The number of aryl methyl sites for hydroxylation is 2. The third-order valence-electron chi connectivity index (χ3n) is 4.09. The maximum atomic E-state index is 12.5. The molecule has 12 nitrogen and oxygen atoms in total. The van der Waals surface area contributed by atoms with Gasteiger partial charge < -0.3 is 15.8 Å². The second kappa shape index (κ2) is 9.30.